The van der Waals surface area contributed by atoms with Crippen molar-refractivity contribution in [1.82, 2.24) is 4.90 Å². The van der Waals surface area contributed by atoms with Crippen molar-refractivity contribution in [1.29, 1.82) is 0 Å². The number of halogens is 1. The average Bonchev–Trinajstić information content (AvgIpc) is 2.78. The molecule has 0 spiro atoms. The van der Waals surface area contributed by atoms with Gasteiger partial charge in [0.2, 0.25) is 5.91 Å². The first kappa shape index (κ1) is 11.8. The molecule has 0 radical (unpaired) electrons. The highest BCUT2D eigenvalue weighted by atomic mass is 19.1. The Hall–Kier alpha value is -0.640. The molecule has 0 unspecified atom stereocenters. The highest BCUT2D eigenvalue weighted by molar-refractivity contribution is 5.77. The Morgan fingerprint density at radius 2 is 2.19 bits per heavy atom. The maximum absolute atomic E-state index is 12.7. The van der Waals surface area contributed by atoms with Crippen LogP contribution < -0.4 is 0 Å². The van der Waals surface area contributed by atoms with Crippen molar-refractivity contribution in [2.24, 2.45) is 0 Å². The van der Waals surface area contributed by atoms with E-state index in [4.69, 9.17) is 4.74 Å². The van der Waals surface area contributed by atoms with Gasteiger partial charge in [-0.1, -0.05) is 0 Å². The van der Waals surface area contributed by atoms with Crippen molar-refractivity contribution in [3.63, 3.8) is 0 Å². The molecule has 0 aromatic rings. The molecule has 2 aliphatic rings. The summed E-state index contributed by atoms with van der Waals surface area (Å²) in [5, 5.41) is 0. The molecule has 16 heavy (non-hydrogen) atoms. The molecule has 2 rings (SSSR count). The SMILES string of the molecule is O=C(C[C@@H]1CCCCO1)N1CCC[C@H]1CF. The molecule has 3 nitrogen and oxygen atoms in total. The van der Waals surface area contributed by atoms with E-state index < -0.39 is 6.67 Å². The van der Waals surface area contributed by atoms with Gasteiger partial charge in [-0.2, -0.15) is 0 Å². The van der Waals surface area contributed by atoms with Gasteiger partial charge in [-0.25, -0.2) is 4.39 Å². The molecule has 2 heterocycles. The summed E-state index contributed by atoms with van der Waals surface area (Å²) in [5.74, 6) is 0.0760. The quantitative estimate of drug-likeness (QED) is 0.739. The van der Waals surface area contributed by atoms with E-state index in [0.29, 0.717) is 6.42 Å². The molecule has 0 aliphatic carbocycles. The molecule has 92 valence electrons. The highest BCUT2D eigenvalue weighted by Gasteiger charge is 2.30. The first-order valence-corrected chi connectivity index (χ1v) is 6.28. The number of carbonyl (C=O) groups is 1. The van der Waals surface area contributed by atoms with Crippen LogP contribution in [0.3, 0.4) is 0 Å². The number of hydrogen-bond donors (Lipinski definition) is 0. The van der Waals surface area contributed by atoms with Crippen molar-refractivity contribution in [2.75, 3.05) is 19.8 Å². The van der Waals surface area contributed by atoms with Crippen molar-refractivity contribution < 1.29 is 13.9 Å². The Morgan fingerprint density at radius 1 is 1.31 bits per heavy atom. The summed E-state index contributed by atoms with van der Waals surface area (Å²) in [6, 6.07) is -0.170. The molecule has 0 N–H and O–H groups in total. The second kappa shape index (κ2) is 5.62. The first-order chi connectivity index (χ1) is 7.81. The predicted octanol–water partition coefficient (Wildman–Crippen LogP) is 1.91. The van der Waals surface area contributed by atoms with Gasteiger partial charge in [0.25, 0.3) is 0 Å². The summed E-state index contributed by atoms with van der Waals surface area (Å²) in [4.78, 5) is 13.7. The molecule has 0 aromatic carbocycles. The Bertz CT molecular complexity index is 241. The van der Waals surface area contributed by atoms with E-state index in [1.165, 1.54) is 0 Å². The number of hydrogen-bond acceptors (Lipinski definition) is 2. The number of alkyl halides is 1. The van der Waals surface area contributed by atoms with Gasteiger partial charge in [0.1, 0.15) is 6.67 Å². The van der Waals surface area contributed by atoms with E-state index in [1.807, 2.05) is 0 Å². The first-order valence-electron chi connectivity index (χ1n) is 6.28. The normalized spacial score (nSPS) is 30.7. The fourth-order valence-electron chi connectivity index (χ4n) is 2.60. The molecule has 2 atom stereocenters. The van der Waals surface area contributed by atoms with E-state index in [2.05, 4.69) is 0 Å². The third kappa shape index (κ3) is 2.73. The van der Waals surface area contributed by atoms with Crippen LogP contribution in [0, 0.1) is 0 Å². The van der Waals surface area contributed by atoms with Crippen LogP contribution in [0.5, 0.6) is 0 Å². The zero-order chi connectivity index (χ0) is 11.4. The molecule has 2 saturated heterocycles. The molecule has 0 saturated carbocycles. The number of nitrogens with zero attached hydrogens (tertiary/aromatic N) is 1. The van der Waals surface area contributed by atoms with Crippen molar-refractivity contribution in [3.05, 3.63) is 0 Å². The summed E-state index contributed by atoms with van der Waals surface area (Å²) in [5.41, 5.74) is 0. The number of ether oxygens (including phenoxy) is 1. The summed E-state index contributed by atoms with van der Waals surface area (Å²) >= 11 is 0. The number of carbonyl (C=O) groups excluding carboxylic acids is 1. The molecule has 0 bridgehead atoms. The number of amides is 1. The van der Waals surface area contributed by atoms with E-state index in [9.17, 15) is 9.18 Å². The largest absolute Gasteiger partial charge is 0.378 e. The second-order valence-corrected chi connectivity index (χ2v) is 4.73. The second-order valence-electron chi connectivity index (χ2n) is 4.73. The van der Waals surface area contributed by atoms with Gasteiger partial charge in [0, 0.05) is 13.2 Å². The highest BCUT2D eigenvalue weighted by Crippen LogP contribution is 2.22. The predicted molar refractivity (Wildman–Crippen MR) is 58.9 cm³/mol. The van der Waals surface area contributed by atoms with E-state index in [0.717, 1.165) is 45.3 Å². The van der Waals surface area contributed by atoms with Crippen molar-refractivity contribution >= 4 is 5.91 Å². The molecule has 0 aromatic heterocycles. The zero-order valence-corrected chi connectivity index (χ0v) is 9.66. The van der Waals surface area contributed by atoms with E-state index >= 15 is 0 Å². The Morgan fingerprint density at radius 3 is 2.88 bits per heavy atom. The van der Waals surface area contributed by atoms with E-state index in [-0.39, 0.29) is 18.1 Å². The molecular formula is C12H20FNO2. The minimum atomic E-state index is -0.405. The smallest absolute Gasteiger partial charge is 0.225 e. The zero-order valence-electron chi connectivity index (χ0n) is 9.66. The molecular weight excluding hydrogens is 209 g/mol. The summed E-state index contributed by atoms with van der Waals surface area (Å²) in [7, 11) is 0. The van der Waals surface area contributed by atoms with Crippen molar-refractivity contribution in [2.45, 2.75) is 50.7 Å². The van der Waals surface area contributed by atoms with Crippen LogP contribution in [0.4, 0.5) is 4.39 Å². The number of rotatable bonds is 3. The van der Waals surface area contributed by atoms with Crippen LogP contribution in [0.2, 0.25) is 0 Å². The molecule has 1 amide bonds. The van der Waals surface area contributed by atoms with Crippen molar-refractivity contribution in [3.8, 4) is 0 Å². The Labute approximate surface area is 95.9 Å². The minimum absolute atomic E-state index is 0.0714. The van der Waals surface area contributed by atoms with Gasteiger partial charge in [-0.3, -0.25) is 4.79 Å². The van der Waals surface area contributed by atoms with Crippen LogP contribution >= 0.6 is 0 Å². The van der Waals surface area contributed by atoms with Gasteiger partial charge < -0.3 is 9.64 Å². The van der Waals surface area contributed by atoms with Gasteiger partial charge in [0.15, 0.2) is 0 Å². The average molecular weight is 229 g/mol. The minimum Gasteiger partial charge on any atom is -0.378 e. The van der Waals surface area contributed by atoms with E-state index in [1.54, 1.807) is 4.90 Å². The van der Waals surface area contributed by atoms with Gasteiger partial charge in [0.05, 0.1) is 18.6 Å². The third-order valence-electron chi connectivity index (χ3n) is 3.55. The summed E-state index contributed by atoms with van der Waals surface area (Å²) in [6.07, 6.45) is 5.48. The lowest BCUT2D eigenvalue weighted by molar-refractivity contribution is -0.136. The Kier molecular flexibility index (Phi) is 4.16. The van der Waals surface area contributed by atoms with Crippen LogP contribution in [-0.2, 0) is 9.53 Å². The monoisotopic (exact) mass is 229 g/mol. The maximum atomic E-state index is 12.7. The molecule has 2 fully saturated rings. The van der Waals surface area contributed by atoms with Gasteiger partial charge in [-0.05, 0) is 32.1 Å². The lowest BCUT2D eigenvalue weighted by Gasteiger charge is -2.27. The van der Waals surface area contributed by atoms with Gasteiger partial charge in [-0.15, -0.1) is 0 Å². The van der Waals surface area contributed by atoms with Crippen LogP contribution in [0.15, 0.2) is 0 Å². The maximum Gasteiger partial charge on any atom is 0.225 e. The molecule has 2 aliphatic heterocycles. The third-order valence-corrected chi connectivity index (χ3v) is 3.55. The Balaban J connectivity index is 1.82. The molecule has 4 heteroatoms. The lowest BCUT2D eigenvalue weighted by atomic mass is 10.1. The number of likely N-dealkylation sites (tertiary alicyclic amines) is 1. The fourth-order valence-corrected chi connectivity index (χ4v) is 2.60. The standard InChI is InChI=1S/C12H20FNO2/c13-9-10-4-3-6-14(10)12(15)8-11-5-1-2-7-16-11/h10-11H,1-9H2/t10-,11-/m0/s1. The van der Waals surface area contributed by atoms with Crippen LogP contribution in [0.1, 0.15) is 38.5 Å². The van der Waals surface area contributed by atoms with Crippen LogP contribution in [-0.4, -0.2) is 42.8 Å². The van der Waals surface area contributed by atoms with Crippen LogP contribution in [0.25, 0.3) is 0 Å². The van der Waals surface area contributed by atoms with Gasteiger partial charge >= 0.3 is 0 Å². The summed E-state index contributed by atoms with van der Waals surface area (Å²) < 4.78 is 18.2. The fraction of sp³-hybridized carbons (Fsp3) is 0.917. The lowest BCUT2D eigenvalue weighted by Crippen LogP contribution is -2.39. The topological polar surface area (TPSA) is 29.5 Å². The summed E-state index contributed by atoms with van der Waals surface area (Å²) in [6.45, 7) is 1.09.